The van der Waals surface area contributed by atoms with Gasteiger partial charge >= 0.3 is 0 Å². The van der Waals surface area contributed by atoms with Crippen molar-refractivity contribution in [2.24, 2.45) is 0 Å². The van der Waals surface area contributed by atoms with Crippen LogP contribution in [-0.2, 0) is 11.3 Å². The molecule has 0 aliphatic carbocycles. The van der Waals surface area contributed by atoms with Crippen LogP contribution in [0.2, 0.25) is 5.02 Å². The van der Waals surface area contributed by atoms with Gasteiger partial charge in [0.1, 0.15) is 0 Å². The van der Waals surface area contributed by atoms with E-state index in [0.29, 0.717) is 11.6 Å². The van der Waals surface area contributed by atoms with Crippen molar-refractivity contribution < 1.29 is 10.0 Å². The molecule has 0 aliphatic rings. The second kappa shape index (κ2) is 9.37. The average Bonchev–Trinajstić information content (AvgIpc) is 3.01. The first kappa shape index (κ1) is 20.7. The number of carbonyl (C=O) groups excluding carboxylic acids is 1. The van der Waals surface area contributed by atoms with Crippen molar-refractivity contribution in [3.63, 3.8) is 0 Å². The maximum Gasteiger partial charge on any atom is 0.267 e. The van der Waals surface area contributed by atoms with Gasteiger partial charge in [-0.15, -0.1) is 12.4 Å². The third-order valence-electron chi connectivity index (χ3n) is 4.06. The summed E-state index contributed by atoms with van der Waals surface area (Å²) in [5.74, 6) is -0.562. The number of amides is 1. The first-order valence-electron chi connectivity index (χ1n) is 8.05. The Hall–Kier alpha value is -2.60. The number of rotatable bonds is 5. The second-order valence-electron chi connectivity index (χ2n) is 5.87. The molecule has 140 valence electrons. The van der Waals surface area contributed by atoms with Crippen molar-refractivity contribution in [3.05, 3.63) is 82.8 Å². The molecular weight excluding hydrogens is 385 g/mol. The number of hydroxylamine groups is 1. The third-order valence-corrected chi connectivity index (χ3v) is 4.31. The van der Waals surface area contributed by atoms with Gasteiger partial charge in [-0.3, -0.25) is 10.0 Å². The van der Waals surface area contributed by atoms with Crippen LogP contribution in [0.1, 0.15) is 16.8 Å². The van der Waals surface area contributed by atoms with Crippen molar-refractivity contribution >= 4 is 36.0 Å². The second-order valence-corrected chi connectivity index (χ2v) is 6.30. The van der Waals surface area contributed by atoms with Gasteiger partial charge in [-0.2, -0.15) is 0 Å². The maximum atomic E-state index is 11.1. The van der Waals surface area contributed by atoms with Crippen molar-refractivity contribution in [3.8, 4) is 11.3 Å². The summed E-state index contributed by atoms with van der Waals surface area (Å²) in [5, 5.41) is 9.24. The zero-order valence-corrected chi connectivity index (χ0v) is 16.2. The molecule has 0 atom stereocenters. The fourth-order valence-corrected chi connectivity index (χ4v) is 2.82. The highest BCUT2D eigenvalue weighted by atomic mass is 35.5. The molecule has 0 bridgehead atoms. The lowest BCUT2D eigenvalue weighted by molar-refractivity contribution is -0.124. The van der Waals surface area contributed by atoms with E-state index >= 15 is 0 Å². The molecule has 0 saturated heterocycles. The van der Waals surface area contributed by atoms with E-state index in [1.165, 1.54) is 6.08 Å². The number of carbonyl (C=O) groups is 1. The summed E-state index contributed by atoms with van der Waals surface area (Å²) in [4.78, 5) is 15.6. The average molecular weight is 404 g/mol. The first-order valence-corrected chi connectivity index (χ1v) is 8.43. The fraction of sp³-hybridized carbons (Fsp3) is 0.100. The van der Waals surface area contributed by atoms with Crippen molar-refractivity contribution in [2.45, 2.75) is 13.5 Å². The van der Waals surface area contributed by atoms with Gasteiger partial charge in [-0.1, -0.05) is 41.9 Å². The molecule has 1 amide bonds. The van der Waals surface area contributed by atoms with Gasteiger partial charge in [0, 0.05) is 28.9 Å². The van der Waals surface area contributed by atoms with Crippen LogP contribution in [-0.4, -0.2) is 20.7 Å². The first-order chi connectivity index (χ1) is 12.6. The highest BCUT2D eigenvalue weighted by Gasteiger charge is 2.09. The molecule has 2 aromatic carbocycles. The number of benzene rings is 2. The molecule has 0 spiro atoms. The molecule has 5 nitrogen and oxygen atoms in total. The van der Waals surface area contributed by atoms with E-state index in [-0.39, 0.29) is 12.4 Å². The maximum absolute atomic E-state index is 11.1. The summed E-state index contributed by atoms with van der Waals surface area (Å²) in [7, 11) is 0. The Morgan fingerprint density at radius 2 is 2.00 bits per heavy atom. The van der Waals surface area contributed by atoms with Crippen LogP contribution < -0.4 is 5.48 Å². The van der Waals surface area contributed by atoms with Gasteiger partial charge in [0.15, 0.2) is 0 Å². The number of aromatic nitrogens is 2. The molecule has 0 aliphatic heterocycles. The van der Waals surface area contributed by atoms with Gasteiger partial charge in [0.25, 0.3) is 5.91 Å². The molecule has 0 unspecified atom stereocenters. The van der Waals surface area contributed by atoms with E-state index in [0.717, 1.165) is 28.1 Å². The van der Waals surface area contributed by atoms with Crippen molar-refractivity contribution in [1.29, 1.82) is 0 Å². The lowest BCUT2D eigenvalue weighted by atomic mass is 10.1. The van der Waals surface area contributed by atoms with E-state index in [4.69, 9.17) is 16.8 Å². The van der Waals surface area contributed by atoms with Gasteiger partial charge in [-0.05, 0) is 42.3 Å². The van der Waals surface area contributed by atoms with E-state index in [1.54, 1.807) is 11.6 Å². The minimum Gasteiger partial charge on any atom is -0.330 e. The summed E-state index contributed by atoms with van der Waals surface area (Å²) in [6.45, 7) is 2.70. The molecule has 3 rings (SSSR count). The molecule has 0 saturated carbocycles. The predicted molar refractivity (Wildman–Crippen MR) is 109 cm³/mol. The molecule has 0 fully saturated rings. The number of nitrogens with one attached hydrogen (secondary N) is 1. The molecule has 7 heteroatoms. The minimum absolute atomic E-state index is 0. The molecule has 1 heterocycles. The standard InChI is InChI=1S/C20H18ClN3O2.ClH/c1-14-20(17-6-8-18(21)9-7-17)22-13-24(14)12-16-4-2-3-15(11-16)5-10-19(25)23-26;/h2-11,13,26H,12H2,1H3,(H,23,25);1H/b10-5+;. The summed E-state index contributed by atoms with van der Waals surface area (Å²) in [5.41, 5.74) is 6.55. The number of hydrogen-bond acceptors (Lipinski definition) is 3. The monoisotopic (exact) mass is 403 g/mol. The normalized spacial score (nSPS) is 10.6. The number of nitrogens with zero attached hydrogens (tertiary/aromatic N) is 2. The smallest absolute Gasteiger partial charge is 0.267 e. The van der Waals surface area contributed by atoms with Crippen molar-refractivity contribution in [1.82, 2.24) is 15.0 Å². The van der Waals surface area contributed by atoms with Crippen LogP contribution in [0.5, 0.6) is 0 Å². The summed E-state index contributed by atoms with van der Waals surface area (Å²) >= 11 is 5.95. The van der Waals surface area contributed by atoms with Crippen LogP contribution in [0, 0.1) is 6.92 Å². The van der Waals surface area contributed by atoms with Gasteiger partial charge < -0.3 is 4.57 Å². The topological polar surface area (TPSA) is 67.2 Å². The fourth-order valence-electron chi connectivity index (χ4n) is 2.70. The van der Waals surface area contributed by atoms with E-state index in [2.05, 4.69) is 9.55 Å². The van der Waals surface area contributed by atoms with Crippen LogP contribution in [0.15, 0.2) is 60.9 Å². The Kier molecular flexibility index (Phi) is 7.19. The minimum atomic E-state index is -0.562. The summed E-state index contributed by atoms with van der Waals surface area (Å²) < 4.78 is 2.08. The van der Waals surface area contributed by atoms with Gasteiger partial charge in [0.05, 0.1) is 12.0 Å². The van der Waals surface area contributed by atoms with Gasteiger partial charge in [0.2, 0.25) is 0 Å². The largest absolute Gasteiger partial charge is 0.330 e. The molecule has 1 aromatic heterocycles. The van der Waals surface area contributed by atoms with Crippen LogP contribution in [0.3, 0.4) is 0 Å². The van der Waals surface area contributed by atoms with E-state index < -0.39 is 5.91 Å². The van der Waals surface area contributed by atoms with Crippen molar-refractivity contribution in [2.75, 3.05) is 0 Å². The Morgan fingerprint density at radius 3 is 2.70 bits per heavy atom. The molecule has 0 radical (unpaired) electrons. The van der Waals surface area contributed by atoms with Crippen LogP contribution in [0.4, 0.5) is 0 Å². The third kappa shape index (κ3) is 5.20. The van der Waals surface area contributed by atoms with E-state index in [1.807, 2.05) is 61.8 Å². The van der Waals surface area contributed by atoms with Gasteiger partial charge in [-0.25, -0.2) is 10.5 Å². The zero-order valence-electron chi connectivity index (χ0n) is 14.6. The number of imidazole rings is 1. The Morgan fingerprint density at radius 1 is 1.26 bits per heavy atom. The number of hydrogen-bond donors (Lipinski definition) is 2. The lowest BCUT2D eigenvalue weighted by Crippen LogP contribution is -2.14. The summed E-state index contributed by atoms with van der Waals surface area (Å²) in [6, 6.07) is 15.5. The quantitative estimate of drug-likeness (QED) is 0.374. The predicted octanol–water partition coefficient (Wildman–Crippen LogP) is 4.50. The highest BCUT2D eigenvalue weighted by molar-refractivity contribution is 6.30. The summed E-state index contributed by atoms with van der Waals surface area (Å²) in [6.07, 6.45) is 4.75. The van der Waals surface area contributed by atoms with Crippen LogP contribution in [0.25, 0.3) is 17.3 Å². The Bertz CT molecular complexity index is 950. The molecule has 3 aromatic rings. The SMILES string of the molecule is Cc1c(-c2ccc(Cl)cc2)ncn1Cc1cccc(/C=C/C(=O)NO)c1.Cl. The Labute approximate surface area is 168 Å². The Balaban J connectivity index is 0.00000261. The van der Waals surface area contributed by atoms with E-state index in [9.17, 15) is 4.79 Å². The zero-order chi connectivity index (χ0) is 18.5. The number of halogens is 2. The molecular formula is C20H19Cl2N3O2. The molecule has 27 heavy (non-hydrogen) atoms. The highest BCUT2D eigenvalue weighted by Crippen LogP contribution is 2.24. The molecule has 2 N–H and O–H groups in total. The van der Waals surface area contributed by atoms with Crippen LogP contribution >= 0.6 is 24.0 Å². The lowest BCUT2D eigenvalue weighted by Gasteiger charge is -2.07.